The highest BCUT2D eigenvalue weighted by molar-refractivity contribution is 5.77. The Kier molecular flexibility index (Phi) is 8.79. The highest BCUT2D eigenvalue weighted by atomic mass is 16.5. The van der Waals surface area contributed by atoms with Gasteiger partial charge in [0.15, 0.2) is 0 Å². The summed E-state index contributed by atoms with van der Waals surface area (Å²) in [6.45, 7) is 1.22. The fourth-order valence-corrected chi connectivity index (χ4v) is 1.23. The molecule has 17 heavy (non-hydrogen) atoms. The quantitative estimate of drug-likeness (QED) is 0.457. The van der Waals surface area contributed by atoms with E-state index < -0.39 is 0 Å². The van der Waals surface area contributed by atoms with E-state index in [2.05, 4.69) is 10.7 Å². The molecular weight excluding hydrogens is 222 g/mol. The van der Waals surface area contributed by atoms with E-state index in [1.165, 1.54) is 7.11 Å². The molecule has 0 aliphatic rings. The van der Waals surface area contributed by atoms with E-state index in [1.807, 2.05) is 0 Å². The van der Waals surface area contributed by atoms with Crippen LogP contribution < -0.4 is 0 Å². The summed E-state index contributed by atoms with van der Waals surface area (Å²) >= 11 is 0. The lowest BCUT2D eigenvalue weighted by Crippen LogP contribution is -2.35. The maximum absolute atomic E-state index is 11.7. The van der Waals surface area contributed by atoms with Crippen LogP contribution in [0.2, 0.25) is 0 Å². The van der Waals surface area contributed by atoms with Crippen molar-refractivity contribution in [3.63, 3.8) is 0 Å². The van der Waals surface area contributed by atoms with Gasteiger partial charge < -0.3 is 14.4 Å². The van der Waals surface area contributed by atoms with Gasteiger partial charge in [0.25, 0.3) is 0 Å². The number of rotatable bonds is 8. The molecule has 1 amide bonds. The molecule has 0 aliphatic heterocycles. The van der Waals surface area contributed by atoms with Gasteiger partial charge in [-0.2, -0.15) is 0 Å². The monoisotopic (exact) mass is 241 g/mol. The molecule has 5 nitrogen and oxygen atoms in total. The van der Waals surface area contributed by atoms with Crippen LogP contribution in [0.4, 0.5) is 0 Å². The van der Waals surface area contributed by atoms with Crippen LogP contribution in [0.3, 0.4) is 0 Å². The highest BCUT2D eigenvalue weighted by Gasteiger charge is 2.14. The van der Waals surface area contributed by atoms with Crippen molar-refractivity contribution in [3.05, 3.63) is 0 Å². The molecule has 0 saturated carbocycles. The molecule has 0 fully saturated rings. The molecule has 0 aromatic carbocycles. The molecule has 0 aliphatic carbocycles. The van der Waals surface area contributed by atoms with Gasteiger partial charge in [0.2, 0.25) is 5.91 Å². The maximum atomic E-state index is 11.7. The van der Waals surface area contributed by atoms with Gasteiger partial charge in [0.1, 0.15) is 0 Å². The Morgan fingerprint density at radius 2 is 1.94 bits per heavy atom. The van der Waals surface area contributed by atoms with Gasteiger partial charge in [-0.3, -0.25) is 9.59 Å². The molecule has 96 valence electrons. The summed E-state index contributed by atoms with van der Waals surface area (Å²) in [5, 5.41) is 0. The lowest BCUT2D eigenvalue weighted by Gasteiger charge is -2.21. The van der Waals surface area contributed by atoms with E-state index in [4.69, 9.17) is 11.2 Å². The summed E-state index contributed by atoms with van der Waals surface area (Å²) in [5.74, 6) is 2.01. The largest absolute Gasteiger partial charge is 0.469 e. The molecule has 0 saturated heterocycles. The first-order valence-corrected chi connectivity index (χ1v) is 5.42. The number of methoxy groups -OCH3 is 2. The van der Waals surface area contributed by atoms with E-state index >= 15 is 0 Å². The van der Waals surface area contributed by atoms with Gasteiger partial charge in [-0.15, -0.1) is 12.3 Å². The first kappa shape index (κ1) is 15.5. The number of terminal acetylenes is 1. The van der Waals surface area contributed by atoms with E-state index in [9.17, 15) is 9.59 Å². The van der Waals surface area contributed by atoms with Gasteiger partial charge in [0.05, 0.1) is 20.1 Å². The second-order valence-electron chi connectivity index (χ2n) is 3.40. The molecule has 0 aromatic heterocycles. The number of esters is 1. The zero-order chi connectivity index (χ0) is 13.1. The fourth-order valence-electron chi connectivity index (χ4n) is 1.23. The molecule has 0 heterocycles. The van der Waals surface area contributed by atoms with Crippen LogP contribution in [0.15, 0.2) is 0 Å². The Balaban J connectivity index is 4.17. The third-order valence-electron chi connectivity index (χ3n) is 2.21. The molecule has 0 aromatic rings. The molecule has 0 atom stereocenters. The number of ether oxygens (including phenoxy) is 2. The van der Waals surface area contributed by atoms with Crippen LogP contribution in [-0.2, 0) is 19.1 Å². The number of amides is 1. The zero-order valence-corrected chi connectivity index (χ0v) is 10.4. The third kappa shape index (κ3) is 7.36. The van der Waals surface area contributed by atoms with Crippen molar-refractivity contribution in [1.82, 2.24) is 4.90 Å². The van der Waals surface area contributed by atoms with Crippen molar-refractivity contribution in [2.75, 3.05) is 33.9 Å². The van der Waals surface area contributed by atoms with Gasteiger partial charge in [-0.05, 0) is 0 Å². The minimum Gasteiger partial charge on any atom is -0.469 e. The summed E-state index contributed by atoms with van der Waals surface area (Å²) in [6, 6.07) is 0. The smallest absolute Gasteiger partial charge is 0.307 e. The van der Waals surface area contributed by atoms with Crippen LogP contribution in [0, 0.1) is 12.3 Å². The maximum Gasteiger partial charge on any atom is 0.307 e. The van der Waals surface area contributed by atoms with Crippen LogP contribution in [0.1, 0.15) is 19.3 Å². The lowest BCUT2D eigenvalue weighted by molar-refractivity contribution is -0.141. The molecule has 0 spiro atoms. The first-order chi connectivity index (χ1) is 8.15. The number of carbonyl (C=O) groups is 2. The third-order valence-corrected chi connectivity index (χ3v) is 2.21. The summed E-state index contributed by atoms with van der Waals surface area (Å²) in [4.78, 5) is 24.3. The summed E-state index contributed by atoms with van der Waals surface area (Å²) in [7, 11) is 2.88. The van der Waals surface area contributed by atoms with Crippen LogP contribution in [0.25, 0.3) is 0 Å². The molecule has 0 rings (SSSR count). The normalized spacial score (nSPS) is 9.47. The van der Waals surface area contributed by atoms with E-state index in [0.717, 1.165) is 0 Å². The average molecular weight is 241 g/mol. The highest BCUT2D eigenvalue weighted by Crippen LogP contribution is 2.00. The molecule has 0 bridgehead atoms. The Morgan fingerprint density at radius 3 is 2.47 bits per heavy atom. The minimum absolute atomic E-state index is 0.0658. The van der Waals surface area contributed by atoms with Gasteiger partial charge in [0, 0.05) is 33.0 Å². The van der Waals surface area contributed by atoms with Crippen molar-refractivity contribution in [2.24, 2.45) is 0 Å². The van der Waals surface area contributed by atoms with Crippen molar-refractivity contribution < 1.29 is 19.1 Å². The SMILES string of the molecule is C#CCCC(=O)N(CCOC)CCC(=O)OC. The van der Waals surface area contributed by atoms with Crippen LogP contribution in [0.5, 0.6) is 0 Å². The van der Waals surface area contributed by atoms with E-state index in [1.54, 1.807) is 12.0 Å². The van der Waals surface area contributed by atoms with Gasteiger partial charge >= 0.3 is 5.97 Å². The van der Waals surface area contributed by atoms with Crippen LogP contribution in [-0.4, -0.2) is 50.7 Å². The van der Waals surface area contributed by atoms with Gasteiger partial charge in [-0.25, -0.2) is 0 Å². The number of carbonyl (C=O) groups excluding carboxylic acids is 2. The van der Waals surface area contributed by atoms with Crippen molar-refractivity contribution in [2.45, 2.75) is 19.3 Å². The average Bonchev–Trinajstić information content (AvgIpc) is 2.35. The van der Waals surface area contributed by atoms with Crippen molar-refractivity contribution in [3.8, 4) is 12.3 Å². The predicted molar refractivity (Wildman–Crippen MR) is 63.2 cm³/mol. The van der Waals surface area contributed by atoms with Crippen molar-refractivity contribution >= 4 is 11.9 Å². The molecule has 0 radical (unpaired) electrons. The van der Waals surface area contributed by atoms with Crippen LogP contribution >= 0.6 is 0 Å². The predicted octanol–water partition coefficient (Wildman–Crippen LogP) is 0.438. The minimum atomic E-state index is -0.336. The zero-order valence-electron chi connectivity index (χ0n) is 10.4. The number of nitrogens with zero attached hydrogens (tertiary/aromatic N) is 1. The molecule has 0 unspecified atom stereocenters. The molecule has 5 heteroatoms. The fraction of sp³-hybridized carbons (Fsp3) is 0.667. The number of hydrogen-bond donors (Lipinski definition) is 0. The molecular formula is C12H19NO4. The van der Waals surface area contributed by atoms with E-state index in [0.29, 0.717) is 32.5 Å². The standard InChI is InChI=1S/C12H19NO4/c1-4-5-6-11(14)13(9-10-16-2)8-7-12(15)17-3/h1H,5-10H2,2-3H3. The van der Waals surface area contributed by atoms with Gasteiger partial charge in [-0.1, -0.05) is 0 Å². The Labute approximate surface area is 102 Å². The molecule has 0 N–H and O–H groups in total. The summed E-state index contributed by atoms with van der Waals surface area (Å²) < 4.78 is 9.44. The Morgan fingerprint density at radius 1 is 1.24 bits per heavy atom. The van der Waals surface area contributed by atoms with Crippen molar-refractivity contribution in [1.29, 1.82) is 0 Å². The Bertz CT molecular complexity index is 283. The second kappa shape index (κ2) is 9.67. The summed E-state index contributed by atoms with van der Waals surface area (Å²) in [6.07, 6.45) is 5.98. The second-order valence-corrected chi connectivity index (χ2v) is 3.40. The number of hydrogen-bond acceptors (Lipinski definition) is 4. The summed E-state index contributed by atoms with van der Waals surface area (Å²) in [5.41, 5.74) is 0. The lowest BCUT2D eigenvalue weighted by atomic mass is 10.2. The van der Waals surface area contributed by atoms with E-state index in [-0.39, 0.29) is 18.3 Å². The topological polar surface area (TPSA) is 55.8 Å². The first-order valence-electron chi connectivity index (χ1n) is 5.42. The Hall–Kier alpha value is -1.54.